The molecule has 0 atom stereocenters. The number of halogens is 2. The maximum absolute atomic E-state index is 11.9. The molecular formula is C18H16Cl2O3S. The molecule has 0 aliphatic heterocycles. The standard InChI is InChI=1S/C18H16Cl2O3S/c1-12(21)23-10-17(22)11-24-18(13-2-6-15(19)7-3-13)14-4-8-16(20)9-5-14/h2-9,18H,10-11H2,1H3. The lowest BCUT2D eigenvalue weighted by molar-refractivity contribution is -0.145. The van der Waals surface area contributed by atoms with Crippen LogP contribution in [-0.2, 0) is 14.3 Å². The molecule has 0 bridgehead atoms. The average Bonchev–Trinajstić information content (AvgIpc) is 2.56. The number of esters is 1. The number of carbonyl (C=O) groups excluding carboxylic acids is 2. The number of ether oxygens (including phenoxy) is 1. The van der Waals surface area contributed by atoms with Crippen molar-refractivity contribution in [2.75, 3.05) is 12.4 Å². The fraction of sp³-hybridized carbons (Fsp3) is 0.222. The van der Waals surface area contributed by atoms with Gasteiger partial charge in [0.1, 0.15) is 0 Å². The zero-order valence-corrected chi connectivity index (χ0v) is 15.3. The van der Waals surface area contributed by atoms with Crippen LogP contribution in [0, 0.1) is 0 Å². The van der Waals surface area contributed by atoms with Crippen molar-refractivity contribution in [3.8, 4) is 0 Å². The Morgan fingerprint density at radius 3 is 1.83 bits per heavy atom. The quantitative estimate of drug-likeness (QED) is 0.635. The van der Waals surface area contributed by atoms with Crippen molar-refractivity contribution in [2.45, 2.75) is 12.2 Å². The van der Waals surface area contributed by atoms with Gasteiger partial charge in [0.15, 0.2) is 12.4 Å². The third kappa shape index (κ3) is 5.86. The van der Waals surface area contributed by atoms with Gasteiger partial charge in [-0.05, 0) is 35.4 Å². The van der Waals surface area contributed by atoms with Crippen molar-refractivity contribution in [3.63, 3.8) is 0 Å². The predicted molar refractivity (Wildman–Crippen MR) is 98.8 cm³/mol. The van der Waals surface area contributed by atoms with Gasteiger partial charge < -0.3 is 4.74 Å². The van der Waals surface area contributed by atoms with E-state index < -0.39 is 5.97 Å². The molecule has 0 aliphatic carbocycles. The van der Waals surface area contributed by atoms with E-state index in [1.165, 1.54) is 18.7 Å². The normalized spacial score (nSPS) is 10.7. The number of Topliss-reactive ketones (excluding diaryl/α,β-unsaturated/α-hetero) is 1. The Morgan fingerprint density at radius 1 is 0.958 bits per heavy atom. The van der Waals surface area contributed by atoms with E-state index in [1.54, 1.807) is 0 Å². The topological polar surface area (TPSA) is 43.4 Å². The monoisotopic (exact) mass is 382 g/mol. The van der Waals surface area contributed by atoms with E-state index in [0.29, 0.717) is 10.0 Å². The molecule has 0 aromatic heterocycles. The summed E-state index contributed by atoms with van der Waals surface area (Å²) >= 11 is 13.4. The second-order valence-electron chi connectivity index (χ2n) is 5.11. The summed E-state index contributed by atoms with van der Waals surface area (Å²) in [6, 6.07) is 15.0. The molecule has 6 heteroatoms. The molecule has 0 N–H and O–H groups in total. The molecule has 3 nitrogen and oxygen atoms in total. The number of carbonyl (C=O) groups is 2. The Balaban J connectivity index is 2.14. The summed E-state index contributed by atoms with van der Waals surface area (Å²) in [4.78, 5) is 22.7. The molecule has 126 valence electrons. The Bertz CT molecular complexity index is 654. The first-order chi connectivity index (χ1) is 11.5. The summed E-state index contributed by atoms with van der Waals surface area (Å²) in [7, 11) is 0. The van der Waals surface area contributed by atoms with Crippen LogP contribution in [0.25, 0.3) is 0 Å². The van der Waals surface area contributed by atoms with Gasteiger partial charge in [-0.2, -0.15) is 0 Å². The number of hydrogen-bond donors (Lipinski definition) is 0. The summed E-state index contributed by atoms with van der Waals surface area (Å²) < 4.78 is 4.74. The highest BCUT2D eigenvalue weighted by atomic mass is 35.5. The minimum Gasteiger partial charge on any atom is -0.458 e. The van der Waals surface area contributed by atoms with Gasteiger partial charge in [0.25, 0.3) is 0 Å². The highest BCUT2D eigenvalue weighted by Gasteiger charge is 2.17. The van der Waals surface area contributed by atoms with Crippen molar-refractivity contribution in [1.29, 1.82) is 0 Å². The Labute approximate surface area is 155 Å². The molecule has 24 heavy (non-hydrogen) atoms. The maximum Gasteiger partial charge on any atom is 0.303 e. The highest BCUT2D eigenvalue weighted by molar-refractivity contribution is 8.00. The number of benzene rings is 2. The lowest BCUT2D eigenvalue weighted by atomic mass is 10.0. The van der Waals surface area contributed by atoms with E-state index in [9.17, 15) is 9.59 Å². The summed E-state index contributed by atoms with van der Waals surface area (Å²) in [6.45, 7) is 1.08. The third-order valence-corrected chi connectivity index (χ3v) is 5.06. The van der Waals surface area contributed by atoms with Gasteiger partial charge >= 0.3 is 5.97 Å². The van der Waals surface area contributed by atoms with Crippen LogP contribution in [0.4, 0.5) is 0 Å². The summed E-state index contributed by atoms with van der Waals surface area (Å²) in [5, 5.41) is 1.27. The van der Waals surface area contributed by atoms with Crippen LogP contribution in [-0.4, -0.2) is 24.1 Å². The maximum atomic E-state index is 11.9. The van der Waals surface area contributed by atoms with Gasteiger partial charge in [0.05, 0.1) is 11.0 Å². The summed E-state index contributed by atoms with van der Waals surface area (Å²) in [6.07, 6.45) is 0. The van der Waals surface area contributed by atoms with Crippen LogP contribution < -0.4 is 0 Å². The minimum atomic E-state index is -0.458. The van der Waals surface area contributed by atoms with E-state index in [1.807, 2.05) is 48.5 Å². The molecule has 0 amide bonds. The number of ketones is 1. The predicted octanol–water partition coefficient (Wildman–Crippen LogP) is 4.95. The zero-order valence-electron chi connectivity index (χ0n) is 13.0. The first kappa shape index (κ1) is 18.8. The number of thioether (sulfide) groups is 1. The zero-order chi connectivity index (χ0) is 17.5. The van der Waals surface area contributed by atoms with Crippen LogP contribution in [0.1, 0.15) is 23.3 Å². The van der Waals surface area contributed by atoms with E-state index in [4.69, 9.17) is 27.9 Å². The van der Waals surface area contributed by atoms with Gasteiger partial charge in [-0.15, -0.1) is 11.8 Å². The fourth-order valence-corrected chi connectivity index (χ4v) is 3.45. The van der Waals surface area contributed by atoms with Crippen molar-refractivity contribution >= 4 is 46.7 Å². The SMILES string of the molecule is CC(=O)OCC(=O)CSC(c1ccc(Cl)cc1)c1ccc(Cl)cc1. The molecule has 0 radical (unpaired) electrons. The third-order valence-electron chi connectivity index (χ3n) is 3.19. The summed E-state index contributed by atoms with van der Waals surface area (Å²) in [5.41, 5.74) is 2.07. The van der Waals surface area contributed by atoms with E-state index in [-0.39, 0.29) is 23.4 Å². The van der Waals surface area contributed by atoms with Crippen molar-refractivity contribution < 1.29 is 14.3 Å². The molecule has 0 unspecified atom stereocenters. The van der Waals surface area contributed by atoms with Crippen LogP contribution >= 0.6 is 35.0 Å². The second-order valence-corrected chi connectivity index (χ2v) is 7.08. The summed E-state index contributed by atoms with van der Waals surface area (Å²) in [5.74, 6) is -0.355. The Morgan fingerprint density at radius 2 is 1.42 bits per heavy atom. The van der Waals surface area contributed by atoms with Gasteiger partial charge in [-0.1, -0.05) is 47.5 Å². The number of rotatable bonds is 7. The molecule has 0 heterocycles. The second kappa shape index (κ2) is 9.11. The van der Waals surface area contributed by atoms with Gasteiger partial charge in [-0.25, -0.2) is 0 Å². The Kier molecular flexibility index (Phi) is 7.16. The van der Waals surface area contributed by atoms with Crippen LogP contribution in [0.3, 0.4) is 0 Å². The lowest BCUT2D eigenvalue weighted by Crippen LogP contribution is -2.14. The fourth-order valence-electron chi connectivity index (χ4n) is 2.06. The van der Waals surface area contributed by atoms with Crippen molar-refractivity contribution in [2.24, 2.45) is 0 Å². The minimum absolute atomic E-state index is 0.0409. The highest BCUT2D eigenvalue weighted by Crippen LogP contribution is 2.36. The first-order valence-electron chi connectivity index (χ1n) is 7.23. The molecule has 0 aliphatic rings. The molecule has 2 rings (SSSR count). The van der Waals surface area contributed by atoms with Gasteiger partial charge in [-0.3, -0.25) is 9.59 Å². The van der Waals surface area contributed by atoms with Crippen LogP contribution in [0.2, 0.25) is 10.0 Å². The van der Waals surface area contributed by atoms with Crippen molar-refractivity contribution in [1.82, 2.24) is 0 Å². The largest absolute Gasteiger partial charge is 0.458 e. The molecule has 0 saturated heterocycles. The van der Waals surface area contributed by atoms with Crippen LogP contribution in [0.15, 0.2) is 48.5 Å². The van der Waals surface area contributed by atoms with Gasteiger partial charge in [0, 0.05) is 17.0 Å². The van der Waals surface area contributed by atoms with E-state index in [2.05, 4.69) is 0 Å². The van der Waals surface area contributed by atoms with Gasteiger partial charge in [0.2, 0.25) is 0 Å². The number of hydrogen-bond acceptors (Lipinski definition) is 4. The average molecular weight is 383 g/mol. The molecule has 2 aromatic carbocycles. The van der Waals surface area contributed by atoms with E-state index >= 15 is 0 Å². The van der Waals surface area contributed by atoms with Crippen LogP contribution in [0.5, 0.6) is 0 Å². The first-order valence-corrected chi connectivity index (χ1v) is 9.04. The Hall–Kier alpha value is -1.49. The van der Waals surface area contributed by atoms with Crippen molar-refractivity contribution in [3.05, 3.63) is 69.7 Å². The molecule has 0 spiro atoms. The lowest BCUT2D eigenvalue weighted by Gasteiger charge is -2.17. The van der Waals surface area contributed by atoms with E-state index in [0.717, 1.165) is 11.1 Å². The smallest absolute Gasteiger partial charge is 0.303 e. The molecule has 0 fully saturated rings. The molecule has 0 saturated carbocycles. The molecule has 2 aromatic rings. The molecular weight excluding hydrogens is 367 g/mol.